The summed E-state index contributed by atoms with van der Waals surface area (Å²) in [7, 11) is 0. The molecule has 0 spiro atoms. The first-order chi connectivity index (χ1) is 12.6. The van der Waals surface area contributed by atoms with Gasteiger partial charge >= 0.3 is 6.03 Å². The lowest BCUT2D eigenvalue weighted by Crippen LogP contribution is -2.39. The Hall–Kier alpha value is -2.72. The molecule has 0 fully saturated rings. The number of carbonyl (C=O) groups is 2. The van der Waals surface area contributed by atoms with Crippen LogP contribution in [-0.2, 0) is 11.3 Å². The molecule has 0 radical (unpaired) electrons. The van der Waals surface area contributed by atoms with Gasteiger partial charge < -0.3 is 5.32 Å². The van der Waals surface area contributed by atoms with Crippen LogP contribution in [0.25, 0.3) is 5.69 Å². The number of aryl methyl sites for hydroxylation is 1. The fraction of sp³-hybridized carbons (Fsp3) is 0.188. The summed E-state index contributed by atoms with van der Waals surface area (Å²) in [6.07, 6.45) is 0. The fourth-order valence-corrected chi connectivity index (χ4v) is 3.47. The normalized spacial score (nSPS) is 10.5. The molecular formula is C16H16N6O2S2. The zero-order valence-corrected chi connectivity index (χ0v) is 15.5. The van der Waals surface area contributed by atoms with Gasteiger partial charge in [0.05, 0.1) is 18.0 Å². The average Bonchev–Trinajstić information content (AvgIpc) is 3.30. The number of aromatic nitrogens is 4. The molecule has 0 saturated heterocycles. The summed E-state index contributed by atoms with van der Waals surface area (Å²) >= 11 is 2.70. The molecule has 0 aliphatic rings. The number of hydrogen-bond acceptors (Lipinski definition) is 7. The van der Waals surface area contributed by atoms with Gasteiger partial charge in [-0.05, 0) is 40.4 Å². The highest BCUT2D eigenvalue weighted by molar-refractivity contribution is 7.99. The van der Waals surface area contributed by atoms with Crippen molar-refractivity contribution in [3.8, 4) is 5.69 Å². The number of hydrogen-bond donors (Lipinski definition) is 2. The third-order valence-electron chi connectivity index (χ3n) is 3.37. The van der Waals surface area contributed by atoms with Gasteiger partial charge in [-0.2, -0.15) is 4.68 Å². The summed E-state index contributed by atoms with van der Waals surface area (Å²) in [4.78, 5) is 24.7. The summed E-state index contributed by atoms with van der Waals surface area (Å²) in [6.45, 7) is 2.34. The van der Waals surface area contributed by atoms with Gasteiger partial charge in [-0.1, -0.05) is 36.0 Å². The fourth-order valence-electron chi connectivity index (χ4n) is 2.14. The highest BCUT2D eigenvalue weighted by Crippen LogP contribution is 2.20. The molecule has 3 amide bonds. The zero-order chi connectivity index (χ0) is 18.4. The van der Waals surface area contributed by atoms with Gasteiger partial charge in [-0.3, -0.25) is 10.1 Å². The maximum absolute atomic E-state index is 12.0. The summed E-state index contributed by atoms with van der Waals surface area (Å²) < 4.78 is 1.57. The quantitative estimate of drug-likeness (QED) is 0.628. The Morgan fingerprint density at radius 1 is 1.23 bits per heavy atom. The average molecular weight is 388 g/mol. The number of rotatable bonds is 6. The monoisotopic (exact) mass is 388 g/mol. The van der Waals surface area contributed by atoms with E-state index in [1.807, 2.05) is 48.7 Å². The van der Waals surface area contributed by atoms with E-state index in [0.717, 1.165) is 27.9 Å². The van der Waals surface area contributed by atoms with Gasteiger partial charge in [0.2, 0.25) is 11.1 Å². The molecule has 134 valence electrons. The number of urea groups is 1. The third-order valence-corrected chi connectivity index (χ3v) is 5.17. The second-order valence-electron chi connectivity index (χ2n) is 5.26. The van der Waals surface area contributed by atoms with Crippen LogP contribution in [0.5, 0.6) is 0 Å². The van der Waals surface area contributed by atoms with Crippen LogP contribution in [-0.4, -0.2) is 37.9 Å². The number of carbonyl (C=O) groups excluding carboxylic acids is 2. The number of tetrazole rings is 1. The maximum atomic E-state index is 12.0. The number of para-hydroxylation sites is 1. The second kappa shape index (κ2) is 8.59. The number of imide groups is 1. The molecule has 3 aromatic rings. The Morgan fingerprint density at radius 3 is 2.85 bits per heavy atom. The molecule has 0 atom stereocenters. The van der Waals surface area contributed by atoms with Crippen LogP contribution in [0.1, 0.15) is 10.4 Å². The van der Waals surface area contributed by atoms with Crippen LogP contribution >= 0.6 is 23.1 Å². The summed E-state index contributed by atoms with van der Waals surface area (Å²) in [5.74, 6) is -0.392. The number of benzene rings is 1. The molecule has 26 heavy (non-hydrogen) atoms. The molecule has 10 heteroatoms. The summed E-state index contributed by atoms with van der Waals surface area (Å²) in [5, 5.41) is 18.9. The van der Waals surface area contributed by atoms with E-state index in [1.54, 1.807) is 4.68 Å². The van der Waals surface area contributed by atoms with Crippen molar-refractivity contribution in [2.45, 2.75) is 18.6 Å². The van der Waals surface area contributed by atoms with Gasteiger partial charge in [0, 0.05) is 4.88 Å². The minimum atomic E-state index is -0.525. The lowest BCUT2D eigenvalue weighted by Gasteiger charge is -2.07. The summed E-state index contributed by atoms with van der Waals surface area (Å²) in [5.41, 5.74) is 1.85. The van der Waals surface area contributed by atoms with E-state index in [4.69, 9.17) is 0 Å². The molecule has 3 rings (SSSR count). The third kappa shape index (κ3) is 4.67. The summed E-state index contributed by atoms with van der Waals surface area (Å²) in [6, 6.07) is 11.0. The van der Waals surface area contributed by atoms with Gasteiger partial charge in [-0.25, -0.2) is 4.79 Å². The van der Waals surface area contributed by atoms with E-state index < -0.39 is 11.9 Å². The van der Waals surface area contributed by atoms with E-state index in [9.17, 15) is 9.59 Å². The molecule has 0 aliphatic heterocycles. The first kappa shape index (κ1) is 18.1. The van der Waals surface area contributed by atoms with Crippen LogP contribution in [0.3, 0.4) is 0 Å². The number of nitrogens with one attached hydrogen (secondary N) is 2. The second-order valence-corrected chi connectivity index (χ2v) is 7.23. The van der Waals surface area contributed by atoms with Crippen molar-refractivity contribution in [1.82, 2.24) is 30.8 Å². The van der Waals surface area contributed by atoms with Crippen molar-refractivity contribution in [3.63, 3.8) is 0 Å². The van der Waals surface area contributed by atoms with Crippen LogP contribution in [0.2, 0.25) is 0 Å². The predicted molar refractivity (Wildman–Crippen MR) is 99.3 cm³/mol. The van der Waals surface area contributed by atoms with Gasteiger partial charge in [0.25, 0.3) is 0 Å². The van der Waals surface area contributed by atoms with Crippen LogP contribution in [0.15, 0.2) is 46.9 Å². The SMILES string of the molecule is Cc1ccccc1-n1nnnc1SCC(=O)NC(=O)NCc1cccs1. The van der Waals surface area contributed by atoms with Crippen molar-refractivity contribution in [3.05, 3.63) is 52.2 Å². The van der Waals surface area contributed by atoms with Crippen molar-refractivity contribution >= 4 is 35.0 Å². The molecule has 0 unspecified atom stereocenters. The van der Waals surface area contributed by atoms with Gasteiger partial charge in [-0.15, -0.1) is 16.4 Å². The van der Waals surface area contributed by atoms with Crippen molar-refractivity contribution in [1.29, 1.82) is 0 Å². The number of amides is 3. The largest absolute Gasteiger partial charge is 0.333 e. The molecule has 0 saturated carbocycles. The molecule has 8 nitrogen and oxygen atoms in total. The Labute approximate surface area is 158 Å². The van der Waals surface area contributed by atoms with E-state index in [-0.39, 0.29) is 5.75 Å². The number of thioether (sulfide) groups is 1. The topological polar surface area (TPSA) is 102 Å². The zero-order valence-electron chi connectivity index (χ0n) is 13.9. The molecule has 0 aliphatic carbocycles. The molecular weight excluding hydrogens is 372 g/mol. The lowest BCUT2D eigenvalue weighted by molar-refractivity contribution is -0.117. The molecule has 0 bridgehead atoms. The Morgan fingerprint density at radius 2 is 2.08 bits per heavy atom. The van der Waals surface area contributed by atoms with Crippen LogP contribution in [0, 0.1) is 6.92 Å². The Kier molecular flexibility index (Phi) is 5.97. The predicted octanol–water partition coefficient (Wildman–Crippen LogP) is 2.15. The van der Waals surface area contributed by atoms with E-state index in [2.05, 4.69) is 26.2 Å². The van der Waals surface area contributed by atoms with Crippen molar-refractivity contribution in [2.75, 3.05) is 5.75 Å². The molecule has 2 heterocycles. The lowest BCUT2D eigenvalue weighted by atomic mass is 10.2. The van der Waals surface area contributed by atoms with Gasteiger partial charge in [0.15, 0.2) is 0 Å². The minimum Gasteiger partial charge on any atom is -0.333 e. The Bertz CT molecular complexity index is 894. The van der Waals surface area contributed by atoms with Crippen molar-refractivity contribution < 1.29 is 9.59 Å². The van der Waals surface area contributed by atoms with E-state index in [0.29, 0.717) is 11.7 Å². The first-order valence-electron chi connectivity index (χ1n) is 7.71. The van der Waals surface area contributed by atoms with Crippen LogP contribution < -0.4 is 10.6 Å². The molecule has 2 aromatic heterocycles. The van der Waals surface area contributed by atoms with Crippen molar-refractivity contribution in [2.24, 2.45) is 0 Å². The highest BCUT2D eigenvalue weighted by atomic mass is 32.2. The smallest absolute Gasteiger partial charge is 0.321 e. The number of thiophene rings is 1. The molecule has 1 aromatic carbocycles. The number of nitrogens with zero attached hydrogens (tertiary/aromatic N) is 4. The highest BCUT2D eigenvalue weighted by Gasteiger charge is 2.14. The molecule has 2 N–H and O–H groups in total. The maximum Gasteiger partial charge on any atom is 0.321 e. The van der Waals surface area contributed by atoms with E-state index in [1.165, 1.54) is 11.3 Å². The minimum absolute atomic E-state index is 0.0265. The van der Waals surface area contributed by atoms with E-state index >= 15 is 0 Å². The Balaban J connectivity index is 1.51. The standard InChI is InChI=1S/C16H16N6O2S2/c1-11-5-2-3-7-13(11)22-16(19-20-21-22)26-10-14(23)18-15(24)17-9-12-6-4-8-25-12/h2-8H,9-10H2,1H3,(H2,17,18,23,24). The van der Waals surface area contributed by atoms with Gasteiger partial charge in [0.1, 0.15) is 0 Å². The van der Waals surface area contributed by atoms with Crippen LogP contribution in [0.4, 0.5) is 4.79 Å². The first-order valence-corrected chi connectivity index (χ1v) is 9.57.